The molecule has 2 rings (SSSR count). The molecule has 0 aliphatic carbocycles. The first-order valence-electron chi connectivity index (χ1n) is 9.59. The summed E-state index contributed by atoms with van der Waals surface area (Å²) in [6.45, 7) is 5.46. The number of nitriles is 1. The van der Waals surface area contributed by atoms with E-state index in [9.17, 15) is 9.59 Å². The van der Waals surface area contributed by atoms with Gasteiger partial charge in [0, 0.05) is 0 Å². The van der Waals surface area contributed by atoms with E-state index < -0.39 is 5.97 Å². The Morgan fingerprint density at radius 3 is 2.24 bits per heavy atom. The minimum atomic E-state index is -0.641. The lowest BCUT2D eigenvalue weighted by atomic mass is 9.95. The van der Waals surface area contributed by atoms with Crippen molar-refractivity contribution < 1.29 is 19.1 Å². The van der Waals surface area contributed by atoms with Crippen LogP contribution >= 0.6 is 0 Å². The average Bonchev–Trinajstić information content (AvgIpc) is 2.74. The summed E-state index contributed by atoms with van der Waals surface area (Å²) in [5, 5.41) is 11.7. The van der Waals surface area contributed by atoms with Crippen LogP contribution in [0.25, 0.3) is 0 Å². The van der Waals surface area contributed by atoms with Crippen molar-refractivity contribution in [2.45, 2.75) is 33.2 Å². The van der Waals surface area contributed by atoms with Gasteiger partial charge in [-0.2, -0.15) is 5.26 Å². The van der Waals surface area contributed by atoms with Crippen LogP contribution in [-0.2, 0) is 20.7 Å². The number of ether oxygens (including phenoxy) is 2. The molecule has 2 aromatic carbocycles. The molecule has 0 saturated carbocycles. The molecule has 1 amide bonds. The Morgan fingerprint density at radius 2 is 1.69 bits per heavy atom. The van der Waals surface area contributed by atoms with Gasteiger partial charge in [-0.1, -0.05) is 45.0 Å². The molecule has 0 saturated heterocycles. The summed E-state index contributed by atoms with van der Waals surface area (Å²) in [4.78, 5) is 24.1. The van der Waals surface area contributed by atoms with Crippen molar-refractivity contribution in [3.05, 3.63) is 65.2 Å². The smallest absolute Gasteiger partial charge is 0.344 e. The third kappa shape index (κ3) is 6.96. The number of hydrogen-bond acceptors (Lipinski definition) is 5. The highest BCUT2D eigenvalue weighted by Crippen LogP contribution is 2.22. The number of amides is 1. The van der Waals surface area contributed by atoms with Gasteiger partial charge >= 0.3 is 5.97 Å². The van der Waals surface area contributed by atoms with E-state index in [1.165, 1.54) is 5.56 Å². The Morgan fingerprint density at radius 1 is 1.03 bits per heavy atom. The van der Waals surface area contributed by atoms with Gasteiger partial charge in [0.1, 0.15) is 5.75 Å². The van der Waals surface area contributed by atoms with Crippen LogP contribution < -0.4 is 10.1 Å². The Labute approximate surface area is 171 Å². The average molecular weight is 394 g/mol. The molecule has 0 aliphatic heterocycles. The normalized spacial score (nSPS) is 11.4. The van der Waals surface area contributed by atoms with Crippen LogP contribution in [0, 0.1) is 17.2 Å². The molecular formula is C23H26N2O4. The lowest BCUT2D eigenvalue weighted by molar-refractivity contribution is -0.150. The Bertz CT molecular complexity index is 852. The van der Waals surface area contributed by atoms with Crippen LogP contribution in [-0.4, -0.2) is 25.1 Å². The predicted octanol–water partition coefficient (Wildman–Crippen LogP) is 3.56. The molecule has 0 spiro atoms. The van der Waals surface area contributed by atoms with Gasteiger partial charge in [-0.3, -0.25) is 4.79 Å². The molecule has 0 unspecified atom stereocenters. The summed E-state index contributed by atoms with van der Waals surface area (Å²) >= 11 is 0. The summed E-state index contributed by atoms with van der Waals surface area (Å²) < 4.78 is 10.3. The highest BCUT2D eigenvalue weighted by molar-refractivity contribution is 5.81. The topological polar surface area (TPSA) is 88.4 Å². The number of aryl methyl sites for hydroxylation is 1. The highest BCUT2D eigenvalue weighted by Gasteiger charge is 2.19. The number of carbonyl (C=O) groups excluding carboxylic acids is 2. The van der Waals surface area contributed by atoms with E-state index in [1.54, 1.807) is 24.3 Å². The molecule has 2 aromatic rings. The first-order chi connectivity index (χ1) is 13.9. The van der Waals surface area contributed by atoms with Crippen LogP contribution in [0.2, 0.25) is 0 Å². The summed E-state index contributed by atoms with van der Waals surface area (Å²) in [5.41, 5.74) is 2.75. The van der Waals surface area contributed by atoms with Crippen molar-refractivity contribution in [3.63, 3.8) is 0 Å². The summed E-state index contributed by atoms with van der Waals surface area (Å²) in [6.07, 6.45) is 0.958. The molecule has 0 aromatic heterocycles. The molecular weight excluding hydrogens is 368 g/mol. The van der Waals surface area contributed by atoms with Crippen LogP contribution in [0.1, 0.15) is 43.5 Å². The molecule has 152 valence electrons. The van der Waals surface area contributed by atoms with Crippen molar-refractivity contribution in [2.24, 2.45) is 5.92 Å². The zero-order valence-corrected chi connectivity index (χ0v) is 17.0. The van der Waals surface area contributed by atoms with E-state index in [1.807, 2.05) is 32.0 Å². The molecule has 1 N–H and O–H groups in total. The van der Waals surface area contributed by atoms with Crippen LogP contribution in [0.4, 0.5) is 0 Å². The minimum absolute atomic E-state index is 0.165. The first-order valence-corrected chi connectivity index (χ1v) is 9.59. The third-order valence-electron chi connectivity index (χ3n) is 4.43. The molecule has 0 fully saturated rings. The monoisotopic (exact) mass is 394 g/mol. The highest BCUT2D eigenvalue weighted by atomic mass is 16.6. The third-order valence-corrected chi connectivity index (χ3v) is 4.43. The predicted molar refractivity (Wildman–Crippen MR) is 109 cm³/mol. The molecule has 0 heterocycles. The van der Waals surface area contributed by atoms with E-state index in [0.29, 0.717) is 11.3 Å². The van der Waals surface area contributed by atoms with Crippen LogP contribution in [0.3, 0.4) is 0 Å². The number of benzene rings is 2. The second-order valence-electron chi connectivity index (χ2n) is 6.97. The van der Waals surface area contributed by atoms with Gasteiger partial charge in [-0.15, -0.1) is 0 Å². The van der Waals surface area contributed by atoms with Crippen molar-refractivity contribution in [2.75, 3.05) is 13.2 Å². The molecule has 0 aliphatic rings. The largest absolute Gasteiger partial charge is 0.482 e. The van der Waals surface area contributed by atoms with Crippen molar-refractivity contribution in [1.82, 2.24) is 5.32 Å². The molecule has 6 nitrogen and oxygen atoms in total. The number of carbonyl (C=O) groups is 2. The summed E-state index contributed by atoms with van der Waals surface area (Å²) in [6, 6.07) is 16.3. The maximum absolute atomic E-state index is 12.2. The van der Waals surface area contributed by atoms with Crippen molar-refractivity contribution in [3.8, 4) is 11.8 Å². The molecule has 1 atom stereocenters. The number of nitrogens with one attached hydrogen (secondary N) is 1. The van der Waals surface area contributed by atoms with Gasteiger partial charge < -0.3 is 14.8 Å². The van der Waals surface area contributed by atoms with Gasteiger partial charge in [0.05, 0.1) is 17.7 Å². The number of esters is 1. The van der Waals surface area contributed by atoms with Crippen molar-refractivity contribution in [1.29, 1.82) is 5.26 Å². The SMILES string of the molecule is CCc1ccc([C@H](NC(=O)COC(=O)COc2ccc(C#N)cc2)C(C)C)cc1. The Hall–Kier alpha value is -3.33. The van der Waals surface area contributed by atoms with Gasteiger partial charge in [-0.05, 0) is 47.7 Å². The van der Waals surface area contributed by atoms with E-state index in [-0.39, 0.29) is 31.1 Å². The fraction of sp³-hybridized carbons (Fsp3) is 0.348. The van der Waals surface area contributed by atoms with Gasteiger partial charge in [0.15, 0.2) is 13.2 Å². The fourth-order valence-corrected chi connectivity index (χ4v) is 2.77. The van der Waals surface area contributed by atoms with Crippen LogP contribution in [0.5, 0.6) is 5.75 Å². The van der Waals surface area contributed by atoms with Crippen molar-refractivity contribution >= 4 is 11.9 Å². The maximum atomic E-state index is 12.2. The van der Waals surface area contributed by atoms with E-state index in [0.717, 1.165) is 12.0 Å². The standard InChI is InChI=1S/C23H26N2O4/c1-4-17-5-9-19(10-6-17)23(16(2)3)25-21(26)14-29-22(27)15-28-20-11-7-18(13-24)8-12-20/h5-12,16,23H,4,14-15H2,1-3H3,(H,25,26)/t23-/m1/s1. The van der Waals surface area contributed by atoms with E-state index in [2.05, 4.69) is 24.4 Å². The summed E-state index contributed by atoms with van der Waals surface area (Å²) in [5.74, 6) is -0.379. The number of nitrogens with zero attached hydrogens (tertiary/aromatic N) is 1. The maximum Gasteiger partial charge on any atom is 0.344 e. The van der Waals surface area contributed by atoms with Gasteiger partial charge in [0.2, 0.25) is 0 Å². The second kappa shape index (κ2) is 10.9. The Balaban J connectivity index is 1.81. The zero-order valence-electron chi connectivity index (χ0n) is 17.0. The Kier molecular flexibility index (Phi) is 8.23. The molecule has 6 heteroatoms. The van der Waals surface area contributed by atoms with E-state index >= 15 is 0 Å². The molecule has 0 bridgehead atoms. The fourth-order valence-electron chi connectivity index (χ4n) is 2.77. The molecule has 29 heavy (non-hydrogen) atoms. The van der Waals surface area contributed by atoms with Crippen LogP contribution in [0.15, 0.2) is 48.5 Å². The zero-order chi connectivity index (χ0) is 21.2. The minimum Gasteiger partial charge on any atom is -0.482 e. The number of hydrogen-bond donors (Lipinski definition) is 1. The van der Waals surface area contributed by atoms with Gasteiger partial charge in [-0.25, -0.2) is 4.79 Å². The van der Waals surface area contributed by atoms with Gasteiger partial charge in [0.25, 0.3) is 5.91 Å². The van der Waals surface area contributed by atoms with E-state index in [4.69, 9.17) is 14.7 Å². The lowest BCUT2D eigenvalue weighted by Gasteiger charge is -2.23. The first kappa shape index (κ1) is 22.0. The second-order valence-corrected chi connectivity index (χ2v) is 6.97. The quantitative estimate of drug-likeness (QED) is 0.657. The lowest BCUT2D eigenvalue weighted by Crippen LogP contribution is -2.35. The molecule has 0 radical (unpaired) electrons. The number of rotatable bonds is 9. The summed E-state index contributed by atoms with van der Waals surface area (Å²) in [7, 11) is 0.